The highest BCUT2D eigenvalue weighted by atomic mass is 32.1. The number of anilines is 2. The summed E-state index contributed by atoms with van der Waals surface area (Å²) in [6.07, 6.45) is 3.09. The van der Waals surface area contributed by atoms with Gasteiger partial charge in [-0.3, -0.25) is 14.9 Å². The van der Waals surface area contributed by atoms with Gasteiger partial charge >= 0.3 is 0 Å². The van der Waals surface area contributed by atoms with Crippen LogP contribution in [0.3, 0.4) is 0 Å². The lowest BCUT2D eigenvalue weighted by Gasteiger charge is -2.23. The summed E-state index contributed by atoms with van der Waals surface area (Å²) in [5, 5.41) is 6.34. The minimum absolute atomic E-state index is 0.0905. The highest BCUT2D eigenvalue weighted by Crippen LogP contribution is 2.31. The van der Waals surface area contributed by atoms with Crippen LogP contribution in [0.15, 0.2) is 48.5 Å². The predicted octanol–water partition coefficient (Wildman–Crippen LogP) is 4.29. The summed E-state index contributed by atoms with van der Waals surface area (Å²) in [4.78, 5) is 28.7. The van der Waals surface area contributed by atoms with E-state index in [0.717, 1.165) is 35.2 Å². The van der Waals surface area contributed by atoms with Crippen LogP contribution >= 0.6 is 11.3 Å². The summed E-state index contributed by atoms with van der Waals surface area (Å²) in [6, 6.07) is 14.7. The monoisotopic (exact) mass is 351 g/mol. The Morgan fingerprint density at radius 2 is 1.84 bits per heavy atom. The van der Waals surface area contributed by atoms with Gasteiger partial charge in [-0.1, -0.05) is 36.0 Å². The zero-order valence-electron chi connectivity index (χ0n) is 13.5. The Morgan fingerprint density at radius 1 is 1.04 bits per heavy atom. The number of hydrogen-bond acceptors (Lipinski definition) is 4. The van der Waals surface area contributed by atoms with Crippen molar-refractivity contribution in [1.29, 1.82) is 0 Å². The van der Waals surface area contributed by atoms with E-state index in [1.54, 1.807) is 12.1 Å². The van der Waals surface area contributed by atoms with E-state index in [2.05, 4.69) is 15.6 Å². The van der Waals surface area contributed by atoms with Gasteiger partial charge < -0.3 is 5.32 Å². The summed E-state index contributed by atoms with van der Waals surface area (Å²) in [7, 11) is 0. The fourth-order valence-corrected chi connectivity index (χ4v) is 3.63. The molecule has 1 aliphatic rings. The molecule has 2 N–H and O–H groups in total. The number of benzene rings is 2. The largest absolute Gasteiger partial charge is 0.326 e. The number of nitrogens with one attached hydrogen (secondary N) is 2. The molecule has 0 bridgehead atoms. The van der Waals surface area contributed by atoms with Gasteiger partial charge in [-0.25, -0.2) is 4.98 Å². The van der Waals surface area contributed by atoms with Gasteiger partial charge in [0.2, 0.25) is 5.91 Å². The van der Waals surface area contributed by atoms with Gasteiger partial charge in [0.15, 0.2) is 5.13 Å². The highest BCUT2D eigenvalue weighted by molar-refractivity contribution is 7.22. The molecule has 1 aliphatic carbocycles. The molecule has 0 atom stereocenters. The number of carbonyl (C=O) groups is 2. The number of thiazole rings is 1. The van der Waals surface area contributed by atoms with Crippen molar-refractivity contribution in [3.8, 4) is 0 Å². The van der Waals surface area contributed by atoms with Crippen LogP contribution in [0, 0.1) is 5.92 Å². The van der Waals surface area contributed by atoms with Crippen molar-refractivity contribution in [2.24, 2.45) is 5.92 Å². The number of nitrogens with zero attached hydrogens (tertiary/aromatic N) is 1. The summed E-state index contributed by atoms with van der Waals surface area (Å²) >= 11 is 1.40. The Kier molecular flexibility index (Phi) is 4.19. The van der Waals surface area contributed by atoms with E-state index in [0.29, 0.717) is 10.7 Å². The average Bonchev–Trinajstić information content (AvgIpc) is 2.95. The van der Waals surface area contributed by atoms with Crippen LogP contribution in [0.5, 0.6) is 0 Å². The molecule has 25 heavy (non-hydrogen) atoms. The Hall–Kier alpha value is -2.73. The number of fused-ring (bicyclic) bond motifs is 1. The van der Waals surface area contributed by atoms with Gasteiger partial charge in [-0.05, 0) is 43.2 Å². The molecular weight excluding hydrogens is 334 g/mol. The van der Waals surface area contributed by atoms with Gasteiger partial charge in [0, 0.05) is 17.2 Å². The van der Waals surface area contributed by atoms with E-state index in [1.807, 2.05) is 36.4 Å². The van der Waals surface area contributed by atoms with Crippen LogP contribution in [0.25, 0.3) is 10.2 Å². The van der Waals surface area contributed by atoms with E-state index in [9.17, 15) is 9.59 Å². The lowest BCUT2D eigenvalue weighted by molar-refractivity contribution is -0.122. The highest BCUT2D eigenvalue weighted by Gasteiger charge is 2.25. The molecule has 1 fully saturated rings. The third-order valence-corrected chi connectivity index (χ3v) is 5.32. The van der Waals surface area contributed by atoms with E-state index in [1.165, 1.54) is 11.3 Å². The molecule has 0 saturated heterocycles. The number of carbonyl (C=O) groups excluding carboxylic acids is 2. The average molecular weight is 351 g/mol. The maximum Gasteiger partial charge on any atom is 0.257 e. The van der Waals surface area contributed by atoms with Crippen LogP contribution in [0.4, 0.5) is 10.8 Å². The molecule has 4 rings (SSSR count). The van der Waals surface area contributed by atoms with Crippen LogP contribution in [0.2, 0.25) is 0 Å². The minimum atomic E-state index is -0.182. The first-order valence-electron chi connectivity index (χ1n) is 8.27. The van der Waals surface area contributed by atoms with E-state index in [4.69, 9.17) is 0 Å². The molecule has 0 aliphatic heterocycles. The van der Waals surface area contributed by atoms with E-state index >= 15 is 0 Å². The molecular formula is C19H17N3O2S. The second kappa shape index (κ2) is 6.64. The second-order valence-electron chi connectivity index (χ2n) is 6.14. The third-order valence-electron chi connectivity index (χ3n) is 4.39. The van der Waals surface area contributed by atoms with Crippen molar-refractivity contribution >= 4 is 44.2 Å². The van der Waals surface area contributed by atoms with Gasteiger partial charge in [0.05, 0.1) is 10.2 Å². The summed E-state index contributed by atoms with van der Waals surface area (Å²) in [5.74, 6) is 0.0590. The standard InChI is InChI=1S/C19H17N3O2S/c23-17(13-7-4-8-13)20-14-9-10-15-16(11-14)25-19(21-15)22-18(24)12-5-2-1-3-6-12/h1-3,5-6,9-11,13H,4,7-8H2,(H,20,23)(H,21,22,24). The molecule has 0 unspecified atom stereocenters. The van der Waals surface area contributed by atoms with Crippen LogP contribution < -0.4 is 10.6 Å². The topological polar surface area (TPSA) is 71.1 Å². The lowest BCUT2D eigenvalue weighted by atomic mass is 9.85. The molecule has 1 saturated carbocycles. The Bertz CT molecular complexity index is 932. The summed E-state index contributed by atoms with van der Waals surface area (Å²) in [5.41, 5.74) is 2.17. The number of amides is 2. The quantitative estimate of drug-likeness (QED) is 0.737. The Balaban J connectivity index is 1.50. The first-order valence-corrected chi connectivity index (χ1v) is 9.08. The van der Waals surface area contributed by atoms with Crippen molar-refractivity contribution in [2.45, 2.75) is 19.3 Å². The molecule has 3 aromatic rings. The third kappa shape index (κ3) is 3.39. The molecule has 1 aromatic heterocycles. The summed E-state index contributed by atoms with van der Waals surface area (Å²) in [6.45, 7) is 0. The zero-order chi connectivity index (χ0) is 17.2. The molecule has 2 amide bonds. The van der Waals surface area contributed by atoms with Gasteiger partial charge in [0.1, 0.15) is 0 Å². The number of rotatable bonds is 4. The first kappa shape index (κ1) is 15.8. The van der Waals surface area contributed by atoms with Crippen molar-refractivity contribution in [3.05, 3.63) is 54.1 Å². The number of hydrogen-bond donors (Lipinski definition) is 2. The van der Waals surface area contributed by atoms with Crippen molar-refractivity contribution in [1.82, 2.24) is 4.98 Å². The molecule has 6 heteroatoms. The second-order valence-corrected chi connectivity index (χ2v) is 7.17. The maximum atomic E-state index is 12.2. The van der Waals surface area contributed by atoms with Crippen LogP contribution in [-0.4, -0.2) is 16.8 Å². The first-order chi connectivity index (χ1) is 12.2. The van der Waals surface area contributed by atoms with Crippen LogP contribution in [0.1, 0.15) is 29.6 Å². The Morgan fingerprint density at radius 3 is 2.56 bits per heavy atom. The van der Waals surface area contributed by atoms with Gasteiger partial charge in [0.25, 0.3) is 5.91 Å². The molecule has 5 nitrogen and oxygen atoms in total. The predicted molar refractivity (Wildman–Crippen MR) is 100.0 cm³/mol. The van der Waals surface area contributed by atoms with Gasteiger partial charge in [-0.2, -0.15) is 0 Å². The summed E-state index contributed by atoms with van der Waals surface area (Å²) < 4.78 is 0.926. The maximum absolute atomic E-state index is 12.2. The minimum Gasteiger partial charge on any atom is -0.326 e. The zero-order valence-corrected chi connectivity index (χ0v) is 14.3. The van der Waals surface area contributed by atoms with Crippen molar-refractivity contribution in [3.63, 3.8) is 0 Å². The smallest absolute Gasteiger partial charge is 0.257 e. The van der Waals surface area contributed by atoms with Crippen molar-refractivity contribution in [2.75, 3.05) is 10.6 Å². The molecule has 0 radical (unpaired) electrons. The fourth-order valence-electron chi connectivity index (χ4n) is 2.73. The SMILES string of the molecule is O=C(Nc1nc2ccc(NC(=O)C3CCC3)cc2s1)c1ccccc1. The van der Waals surface area contributed by atoms with Gasteiger partial charge in [-0.15, -0.1) is 0 Å². The molecule has 126 valence electrons. The van der Waals surface area contributed by atoms with E-state index < -0.39 is 0 Å². The normalized spacial score (nSPS) is 14.1. The number of aromatic nitrogens is 1. The van der Waals surface area contributed by atoms with E-state index in [-0.39, 0.29) is 17.7 Å². The molecule has 1 heterocycles. The molecule has 0 spiro atoms. The fraction of sp³-hybridized carbons (Fsp3) is 0.211. The van der Waals surface area contributed by atoms with Crippen LogP contribution in [-0.2, 0) is 4.79 Å². The molecule has 2 aromatic carbocycles. The Labute approximate surface area is 149 Å². The van der Waals surface area contributed by atoms with Crippen molar-refractivity contribution < 1.29 is 9.59 Å². The lowest BCUT2D eigenvalue weighted by Crippen LogP contribution is -2.27.